The van der Waals surface area contributed by atoms with Crippen molar-refractivity contribution in [3.8, 4) is 11.8 Å². The second-order valence-electron chi connectivity index (χ2n) is 5.95. The van der Waals surface area contributed by atoms with Crippen LogP contribution in [0.1, 0.15) is 31.4 Å². The van der Waals surface area contributed by atoms with Crippen LogP contribution in [0, 0.1) is 17.2 Å². The van der Waals surface area contributed by atoms with E-state index in [1.807, 2.05) is 36.4 Å². The molecule has 0 aliphatic carbocycles. The molecule has 0 aromatic heterocycles. The van der Waals surface area contributed by atoms with Crippen LogP contribution in [0.2, 0.25) is 0 Å². The van der Waals surface area contributed by atoms with E-state index in [1.54, 1.807) is 24.3 Å². The third-order valence-electron chi connectivity index (χ3n) is 3.39. The first-order valence-electron chi connectivity index (χ1n) is 8.13. The SMILES string of the molecule is CC(C)C/C(=N\NC(=O)COc1ccccc1C#N)c1ccccc1. The third-order valence-corrected chi connectivity index (χ3v) is 3.39. The van der Waals surface area contributed by atoms with Gasteiger partial charge in [-0.15, -0.1) is 0 Å². The zero-order valence-electron chi connectivity index (χ0n) is 14.4. The van der Waals surface area contributed by atoms with Crippen LogP contribution >= 0.6 is 0 Å². The molecule has 0 spiro atoms. The number of nitrogens with zero attached hydrogens (tertiary/aromatic N) is 2. The second-order valence-corrected chi connectivity index (χ2v) is 5.95. The minimum atomic E-state index is -0.370. The fourth-order valence-electron chi connectivity index (χ4n) is 2.24. The summed E-state index contributed by atoms with van der Waals surface area (Å²) in [5, 5.41) is 13.3. The number of carbonyl (C=O) groups is 1. The molecule has 0 atom stereocenters. The number of amides is 1. The number of para-hydroxylation sites is 1. The molecule has 2 aromatic rings. The lowest BCUT2D eigenvalue weighted by Gasteiger charge is -2.10. The molecule has 25 heavy (non-hydrogen) atoms. The summed E-state index contributed by atoms with van der Waals surface area (Å²) in [6.07, 6.45) is 0.752. The first-order chi connectivity index (χ1) is 12.1. The van der Waals surface area contributed by atoms with Gasteiger partial charge < -0.3 is 4.74 Å². The molecule has 2 aromatic carbocycles. The van der Waals surface area contributed by atoms with E-state index >= 15 is 0 Å². The highest BCUT2D eigenvalue weighted by molar-refractivity contribution is 6.01. The maximum absolute atomic E-state index is 12.0. The monoisotopic (exact) mass is 335 g/mol. The average Bonchev–Trinajstić information content (AvgIpc) is 2.64. The molecule has 0 bridgehead atoms. The van der Waals surface area contributed by atoms with Crippen LogP contribution in [0.3, 0.4) is 0 Å². The molecule has 0 saturated carbocycles. The number of rotatable bonds is 7. The molecular formula is C20H21N3O2. The smallest absolute Gasteiger partial charge is 0.277 e. The maximum atomic E-state index is 12.0. The van der Waals surface area contributed by atoms with Crippen molar-refractivity contribution in [2.45, 2.75) is 20.3 Å². The minimum absolute atomic E-state index is 0.202. The number of hydrazone groups is 1. The van der Waals surface area contributed by atoms with Crippen LogP contribution in [-0.2, 0) is 4.79 Å². The molecular weight excluding hydrogens is 314 g/mol. The molecule has 5 heteroatoms. The van der Waals surface area contributed by atoms with Crippen LogP contribution in [0.25, 0.3) is 0 Å². The molecule has 0 aliphatic heterocycles. The van der Waals surface area contributed by atoms with Gasteiger partial charge in [0.15, 0.2) is 6.61 Å². The highest BCUT2D eigenvalue weighted by Gasteiger charge is 2.09. The fraction of sp³-hybridized carbons (Fsp3) is 0.250. The van der Waals surface area contributed by atoms with Gasteiger partial charge in [-0.3, -0.25) is 4.79 Å². The molecule has 2 rings (SSSR count). The van der Waals surface area contributed by atoms with E-state index in [2.05, 4.69) is 24.4 Å². The van der Waals surface area contributed by atoms with Crippen molar-refractivity contribution in [2.24, 2.45) is 11.0 Å². The van der Waals surface area contributed by atoms with Crippen molar-refractivity contribution in [2.75, 3.05) is 6.61 Å². The summed E-state index contributed by atoms with van der Waals surface area (Å²) in [6, 6.07) is 18.6. The van der Waals surface area contributed by atoms with Gasteiger partial charge in [0, 0.05) is 0 Å². The van der Waals surface area contributed by atoms with Crippen LogP contribution < -0.4 is 10.2 Å². The normalized spacial score (nSPS) is 11.0. The van der Waals surface area contributed by atoms with Crippen molar-refractivity contribution >= 4 is 11.6 Å². The van der Waals surface area contributed by atoms with Crippen molar-refractivity contribution in [3.63, 3.8) is 0 Å². The first kappa shape index (κ1) is 18.2. The van der Waals surface area contributed by atoms with Gasteiger partial charge in [-0.25, -0.2) is 5.43 Å². The van der Waals surface area contributed by atoms with Crippen molar-refractivity contribution in [1.29, 1.82) is 5.26 Å². The first-order valence-corrected chi connectivity index (χ1v) is 8.13. The summed E-state index contributed by atoms with van der Waals surface area (Å²) < 4.78 is 5.41. The molecule has 1 amide bonds. The van der Waals surface area contributed by atoms with Gasteiger partial charge in [0.25, 0.3) is 5.91 Å². The number of ether oxygens (including phenoxy) is 1. The van der Waals surface area contributed by atoms with Gasteiger partial charge in [0.1, 0.15) is 11.8 Å². The van der Waals surface area contributed by atoms with Crippen LogP contribution in [-0.4, -0.2) is 18.2 Å². The Morgan fingerprint density at radius 2 is 1.84 bits per heavy atom. The Kier molecular flexibility index (Phi) is 6.73. The Morgan fingerprint density at radius 1 is 1.16 bits per heavy atom. The van der Waals surface area contributed by atoms with Crippen LogP contribution in [0.5, 0.6) is 5.75 Å². The summed E-state index contributed by atoms with van der Waals surface area (Å²) in [5.74, 6) is 0.425. The molecule has 128 valence electrons. The zero-order valence-corrected chi connectivity index (χ0v) is 14.4. The van der Waals surface area contributed by atoms with Gasteiger partial charge in [-0.1, -0.05) is 56.3 Å². The molecule has 0 unspecified atom stereocenters. The summed E-state index contributed by atoms with van der Waals surface area (Å²) in [4.78, 5) is 12.0. The van der Waals surface area contributed by atoms with E-state index in [0.29, 0.717) is 17.2 Å². The van der Waals surface area contributed by atoms with Crippen molar-refractivity contribution in [1.82, 2.24) is 5.43 Å². The van der Waals surface area contributed by atoms with E-state index in [0.717, 1.165) is 17.7 Å². The predicted molar refractivity (Wildman–Crippen MR) is 97.2 cm³/mol. The zero-order chi connectivity index (χ0) is 18.1. The quantitative estimate of drug-likeness (QED) is 0.621. The molecule has 1 N–H and O–H groups in total. The van der Waals surface area contributed by atoms with Gasteiger partial charge >= 0.3 is 0 Å². The Hall–Kier alpha value is -3.13. The second kappa shape index (κ2) is 9.24. The summed E-state index contributed by atoms with van der Waals surface area (Å²) in [5.41, 5.74) is 4.73. The highest BCUT2D eigenvalue weighted by atomic mass is 16.5. The van der Waals surface area contributed by atoms with Gasteiger partial charge in [-0.05, 0) is 30.0 Å². The molecule has 5 nitrogen and oxygen atoms in total. The standard InChI is InChI=1S/C20H21N3O2/c1-15(2)12-18(16-8-4-3-5-9-16)22-23-20(24)14-25-19-11-7-6-10-17(19)13-21/h3-11,15H,12,14H2,1-2H3,(H,23,24)/b22-18+. The van der Waals surface area contributed by atoms with Crippen molar-refractivity contribution < 1.29 is 9.53 Å². The lowest BCUT2D eigenvalue weighted by molar-refractivity contribution is -0.123. The van der Waals surface area contributed by atoms with E-state index in [4.69, 9.17) is 10.00 Å². The molecule has 0 aliphatic rings. The average molecular weight is 335 g/mol. The van der Waals surface area contributed by atoms with E-state index < -0.39 is 0 Å². The van der Waals surface area contributed by atoms with Crippen molar-refractivity contribution in [3.05, 3.63) is 65.7 Å². The van der Waals surface area contributed by atoms with Crippen LogP contribution in [0.4, 0.5) is 0 Å². The minimum Gasteiger partial charge on any atom is -0.482 e. The number of carbonyl (C=O) groups excluding carboxylic acids is 1. The Labute approximate surface area is 147 Å². The van der Waals surface area contributed by atoms with Gasteiger partial charge in [0.2, 0.25) is 0 Å². The summed E-state index contributed by atoms with van der Waals surface area (Å²) >= 11 is 0. The number of nitriles is 1. The number of nitrogens with one attached hydrogen (secondary N) is 1. The lowest BCUT2D eigenvalue weighted by Crippen LogP contribution is -2.26. The molecule has 0 heterocycles. The molecule has 0 radical (unpaired) electrons. The summed E-state index contributed by atoms with van der Waals surface area (Å²) in [7, 11) is 0. The Bertz CT molecular complexity index is 777. The topological polar surface area (TPSA) is 74.5 Å². The third kappa shape index (κ3) is 5.78. The lowest BCUT2D eigenvalue weighted by atomic mass is 10.0. The van der Waals surface area contributed by atoms with E-state index in [9.17, 15) is 4.79 Å². The maximum Gasteiger partial charge on any atom is 0.277 e. The van der Waals surface area contributed by atoms with Gasteiger partial charge in [0.05, 0.1) is 11.3 Å². The number of benzene rings is 2. The molecule has 0 fully saturated rings. The Morgan fingerprint density at radius 3 is 2.52 bits per heavy atom. The largest absolute Gasteiger partial charge is 0.482 e. The van der Waals surface area contributed by atoms with E-state index in [-0.39, 0.29) is 12.5 Å². The molecule has 0 saturated heterocycles. The Balaban J connectivity index is 2.00. The van der Waals surface area contributed by atoms with Crippen LogP contribution in [0.15, 0.2) is 59.7 Å². The summed E-state index contributed by atoms with van der Waals surface area (Å²) in [6.45, 7) is 4.00. The van der Waals surface area contributed by atoms with Gasteiger partial charge in [-0.2, -0.15) is 10.4 Å². The van der Waals surface area contributed by atoms with E-state index in [1.165, 1.54) is 0 Å². The fourth-order valence-corrected chi connectivity index (χ4v) is 2.24. The highest BCUT2D eigenvalue weighted by Crippen LogP contribution is 2.16. The predicted octanol–water partition coefficient (Wildman–Crippen LogP) is 3.50. The number of hydrogen-bond acceptors (Lipinski definition) is 4. The number of hydrogen-bond donors (Lipinski definition) is 1.